The fourth-order valence-electron chi connectivity index (χ4n) is 2.74. The van der Waals surface area contributed by atoms with Crippen LogP contribution in [0.25, 0.3) is 0 Å². The van der Waals surface area contributed by atoms with Crippen molar-refractivity contribution in [2.45, 2.75) is 33.2 Å². The third kappa shape index (κ3) is 2.33. The Kier molecular flexibility index (Phi) is 3.30. The van der Waals surface area contributed by atoms with E-state index in [-0.39, 0.29) is 5.91 Å². The number of rotatable bonds is 3. The van der Waals surface area contributed by atoms with Crippen LogP contribution in [0.3, 0.4) is 0 Å². The number of nitrogens with zero attached hydrogens (tertiary/aromatic N) is 3. The molecule has 0 bridgehead atoms. The van der Waals surface area contributed by atoms with E-state index >= 15 is 0 Å². The summed E-state index contributed by atoms with van der Waals surface area (Å²) in [6, 6.07) is 0. The first-order valence-electron chi connectivity index (χ1n) is 6.86. The number of aryl methyl sites for hydroxylation is 3. The highest BCUT2D eigenvalue weighted by atomic mass is 16.5. The van der Waals surface area contributed by atoms with Gasteiger partial charge < -0.3 is 14.4 Å². The molecule has 1 aliphatic rings. The molecule has 0 spiro atoms. The topological polar surface area (TPSA) is 73.0 Å². The third-order valence-corrected chi connectivity index (χ3v) is 3.84. The van der Waals surface area contributed by atoms with E-state index in [0.29, 0.717) is 29.5 Å². The minimum Gasteiger partial charge on any atom is -0.361 e. The molecule has 0 radical (unpaired) electrons. The monoisotopic (exact) mass is 274 g/mol. The number of fused-ring (bicyclic) bond motifs is 1. The third-order valence-electron chi connectivity index (χ3n) is 3.84. The van der Waals surface area contributed by atoms with E-state index in [2.05, 4.69) is 20.0 Å². The molecule has 0 aromatic carbocycles. The molecule has 6 nitrogen and oxygen atoms in total. The number of nitrogens with one attached hydrogen (secondary N) is 1. The molecule has 3 heterocycles. The molecule has 20 heavy (non-hydrogen) atoms. The summed E-state index contributed by atoms with van der Waals surface area (Å²) in [5.74, 6) is 2.05. The standard InChI is InChI=1S/C14H18N4O2/c1-9-13(10(2)20-17-9)14(19)16-7-11-3-4-12-15-5-6-18(12)8-11/h5-6,11H,3-4,7-8H2,1-2H3,(H,16,19). The molecule has 3 rings (SSSR count). The van der Waals surface area contributed by atoms with Crippen molar-refractivity contribution in [1.29, 1.82) is 0 Å². The summed E-state index contributed by atoms with van der Waals surface area (Å²) in [5, 5.41) is 6.79. The van der Waals surface area contributed by atoms with Crippen LogP contribution in [-0.4, -0.2) is 27.2 Å². The Morgan fingerprint density at radius 2 is 2.40 bits per heavy atom. The van der Waals surface area contributed by atoms with Crippen LogP contribution in [0.5, 0.6) is 0 Å². The molecule has 1 amide bonds. The smallest absolute Gasteiger partial charge is 0.256 e. The summed E-state index contributed by atoms with van der Waals surface area (Å²) in [7, 11) is 0. The van der Waals surface area contributed by atoms with Crippen LogP contribution < -0.4 is 5.32 Å². The van der Waals surface area contributed by atoms with E-state index < -0.39 is 0 Å². The van der Waals surface area contributed by atoms with Gasteiger partial charge in [-0.25, -0.2) is 4.98 Å². The summed E-state index contributed by atoms with van der Waals surface area (Å²) < 4.78 is 7.18. The van der Waals surface area contributed by atoms with Gasteiger partial charge in [-0.1, -0.05) is 5.16 Å². The first-order valence-corrected chi connectivity index (χ1v) is 6.86. The maximum Gasteiger partial charge on any atom is 0.256 e. The molecule has 0 saturated heterocycles. The summed E-state index contributed by atoms with van der Waals surface area (Å²) >= 11 is 0. The minimum atomic E-state index is -0.0994. The second-order valence-electron chi connectivity index (χ2n) is 5.31. The molecule has 1 atom stereocenters. The largest absolute Gasteiger partial charge is 0.361 e. The fraction of sp³-hybridized carbons (Fsp3) is 0.500. The predicted molar refractivity (Wildman–Crippen MR) is 72.3 cm³/mol. The molecule has 2 aromatic rings. The maximum absolute atomic E-state index is 12.2. The molecular formula is C14H18N4O2. The van der Waals surface area contributed by atoms with Crippen LogP contribution in [0.4, 0.5) is 0 Å². The average Bonchev–Trinajstić information content (AvgIpc) is 3.02. The van der Waals surface area contributed by atoms with E-state index in [0.717, 1.165) is 25.2 Å². The van der Waals surface area contributed by atoms with E-state index in [4.69, 9.17) is 4.52 Å². The van der Waals surface area contributed by atoms with Gasteiger partial charge in [-0.15, -0.1) is 0 Å². The van der Waals surface area contributed by atoms with Gasteiger partial charge in [0.25, 0.3) is 5.91 Å². The summed E-state index contributed by atoms with van der Waals surface area (Å²) in [6.07, 6.45) is 5.86. The zero-order valence-electron chi connectivity index (χ0n) is 11.7. The highest BCUT2D eigenvalue weighted by molar-refractivity contribution is 5.96. The van der Waals surface area contributed by atoms with E-state index in [1.54, 1.807) is 13.8 Å². The lowest BCUT2D eigenvalue weighted by Crippen LogP contribution is -2.34. The highest BCUT2D eigenvalue weighted by Crippen LogP contribution is 2.18. The zero-order valence-corrected chi connectivity index (χ0v) is 11.7. The normalized spacial score (nSPS) is 17.8. The van der Waals surface area contributed by atoms with Gasteiger partial charge in [0.05, 0.1) is 5.69 Å². The van der Waals surface area contributed by atoms with Gasteiger partial charge in [-0.05, 0) is 26.2 Å². The van der Waals surface area contributed by atoms with Crippen molar-refractivity contribution in [2.24, 2.45) is 5.92 Å². The minimum absolute atomic E-state index is 0.0994. The van der Waals surface area contributed by atoms with Gasteiger partial charge >= 0.3 is 0 Å². The number of carbonyl (C=O) groups is 1. The first-order chi connectivity index (χ1) is 9.65. The van der Waals surface area contributed by atoms with E-state index in [1.807, 2.05) is 12.4 Å². The Bertz CT molecular complexity index is 609. The molecule has 1 aliphatic heterocycles. The van der Waals surface area contributed by atoms with E-state index in [9.17, 15) is 4.79 Å². The average molecular weight is 274 g/mol. The summed E-state index contributed by atoms with van der Waals surface area (Å²) in [5.41, 5.74) is 1.20. The van der Waals surface area contributed by atoms with Crippen LogP contribution in [-0.2, 0) is 13.0 Å². The Morgan fingerprint density at radius 3 is 3.15 bits per heavy atom. The highest BCUT2D eigenvalue weighted by Gasteiger charge is 2.21. The van der Waals surface area contributed by atoms with Crippen LogP contribution in [0.1, 0.15) is 34.1 Å². The van der Waals surface area contributed by atoms with Crippen LogP contribution in [0, 0.1) is 19.8 Å². The van der Waals surface area contributed by atoms with Gasteiger partial charge in [0.2, 0.25) is 0 Å². The van der Waals surface area contributed by atoms with Gasteiger partial charge in [-0.2, -0.15) is 0 Å². The molecule has 1 unspecified atom stereocenters. The fourth-order valence-corrected chi connectivity index (χ4v) is 2.74. The van der Waals surface area contributed by atoms with Crippen LogP contribution in [0.15, 0.2) is 16.9 Å². The second-order valence-corrected chi connectivity index (χ2v) is 5.31. The van der Waals surface area contributed by atoms with Gasteiger partial charge in [0.1, 0.15) is 17.1 Å². The Balaban J connectivity index is 1.60. The van der Waals surface area contributed by atoms with Gasteiger partial charge in [0.15, 0.2) is 0 Å². The summed E-state index contributed by atoms with van der Waals surface area (Å²) in [6.45, 7) is 5.12. The van der Waals surface area contributed by atoms with Crippen molar-refractivity contribution in [3.63, 3.8) is 0 Å². The zero-order chi connectivity index (χ0) is 14.1. The molecule has 0 saturated carbocycles. The van der Waals surface area contributed by atoms with Crippen LogP contribution in [0.2, 0.25) is 0 Å². The van der Waals surface area contributed by atoms with Gasteiger partial charge in [-0.3, -0.25) is 4.79 Å². The van der Waals surface area contributed by atoms with Crippen molar-refractivity contribution in [1.82, 2.24) is 20.0 Å². The number of carbonyl (C=O) groups excluding carboxylic acids is 1. The molecular weight excluding hydrogens is 256 g/mol. The van der Waals surface area contributed by atoms with Gasteiger partial charge in [0, 0.05) is 31.9 Å². The van der Waals surface area contributed by atoms with Crippen molar-refractivity contribution in [3.8, 4) is 0 Å². The number of hydrogen-bond donors (Lipinski definition) is 1. The van der Waals surface area contributed by atoms with Crippen molar-refractivity contribution in [2.75, 3.05) is 6.54 Å². The lowest BCUT2D eigenvalue weighted by atomic mass is 9.99. The number of amides is 1. The van der Waals surface area contributed by atoms with Crippen LogP contribution >= 0.6 is 0 Å². The van der Waals surface area contributed by atoms with Crippen molar-refractivity contribution in [3.05, 3.63) is 35.2 Å². The molecule has 0 fully saturated rings. The molecule has 1 N–H and O–H groups in total. The van der Waals surface area contributed by atoms with Crippen molar-refractivity contribution < 1.29 is 9.32 Å². The number of aromatic nitrogens is 3. The number of imidazole rings is 1. The molecule has 2 aromatic heterocycles. The van der Waals surface area contributed by atoms with Crippen molar-refractivity contribution >= 4 is 5.91 Å². The molecule has 6 heteroatoms. The lowest BCUT2D eigenvalue weighted by Gasteiger charge is -2.23. The molecule has 106 valence electrons. The maximum atomic E-state index is 12.2. The van der Waals surface area contributed by atoms with E-state index in [1.165, 1.54) is 0 Å². The molecule has 0 aliphatic carbocycles. The quantitative estimate of drug-likeness (QED) is 0.920. The second kappa shape index (κ2) is 5.11. The Morgan fingerprint density at radius 1 is 1.55 bits per heavy atom. The predicted octanol–water partition coefficient (Wildman–Crippen LogP) is 1.48. The first kappa shape index (κ1) is 12.9. The number of hydrogen-bond acceptors (Lipinski definition) is 4. The SMILES string of the molecule is Cc1noc(C)c1C(=O)NCC1CCc2nccn2C1. The summed E-state index contributed by atoms with van der Waals surface area (Å²) in [4.78, 5) is 16.5. The Labute approximate surface area is 117 Å². The lowest BCUT2D eigenvalue weighted by molar-refractivity contribution is 0.0941. The Hall–Kier alpha value is -2.11.